The Morgan fingerprint density at radius 2 is 2.00 bits per heavy atom. The maximum atomic E-state index is 13.7. The molecular weight excluding hydrogens is 289 g/mol. The van der Waals surface area contributed by atoms with Gasteiger partial charge < -0.3 is 4.57 Å². The average Bonchev–Trinajstić information content (AvgIpc) is 2.84. The molecule has 108 valence electrons. The lowest BCUT2D eigenvalue weighted by atomic mass is 10.1. The maximum Gasteiger partial charge on any atom is 0.126 e. The summed E-state index contributed by atoms with van der Waals surface area (Å²) in [6, 6.07) is 8.80. The van der Waals surface area contributed by atoms with Crippen molar-refractivity contribution < 1.29 is 4.39 Å². The van der Waals surface area contributed by atoms with Crippen LogP contribution in [0.25, 0.3) is 11.0 Å². The lowest BCUT2D eigenvalue weighted by molar-refractivity contribution is 0.591. The summed E-state index contributed by atoms with van der Waals surface area (Å²) in [5.74, 6) is 1.27. The second-order valence-electron chi connectivity index (χ2n) is 4.82. The molecule has 2 aromatic heterocycles. The molecule has 1 aromatic carbocycles. The van der Waals surface area contributed by atoms with Crippen molar-refractivity contribution >= 4 is 22.6 Å². The van der Waals surface area contributed by atoms with Crippen LogP contribution in [0.5, 0.6) is 0 Å². The number of imidazole rings is 1. The Balaban J connectivity index is 1.92. The maximum absolute atomic E-state index is 13.7. The van der Waals surface area contributed by atoms with Crippen LogP contribution in [0, 0.1) is 5.82 Å². The standard InChI is InChI=1S/C16H15ClFN3/c17-8-5-16-20-14-11-19-9-6-15(14)21(16)10-7-12-3-1-2-4-13(12)18/h1-4,6,9,11H,5,7-8,10H2. The number of hydrogen-bond acceptors (Lipinski definition) is 2. The molecule has 0 aliphatic carbocycles. The molecule has 0 unspecified atom stereocenters. The molecule has 3 rings (SSSR count). The highest BCUT2D eigenvalue weighted by molar-refractivity contribution is 6.17. The van der Waals surface area contributed by atoms with Crippen LogP contribution in [0.15, 0.2) is 42.7 Å². The molecular formula is C16H15ClFN3. The minimum Gasteiger partial charge on any atom is -0.328 e. The molecule has 0 bridgehead atoms. The molecule has 0 saturated heterocycles. The monoisotopic (exact) mass is 303 g/mol. The van der Waals surface area contributed by atoms with E-state index in [9.17, 15) is 4.39 Å². The van der Waals surface area contributed by atoms with E-state index in [1.54, 1.807) is 18.5 Å². The lowest BCUT2D eigenvalue weighted by Crippen LogP contribution is -2.07. The number of nitrogens with zero attached hydrogens (tertiary/aromatic N) is 3. The number of hydrogen-bond donors (Lipinski definition) is 0. The van der Waals surface area contributed by atoms with Gasteiger partial charge in [0.25, 0.3) is 0 Å². The zero-order chi connectivity index (χ0) is 14.7. The predicted octanol–water partition coefficient (Wildman–Crippen LogP) is 3.59. The summed E-state index contributed by atoms with van der Waals surface area (Å²) in [4.78, 5) is 8.65. The topological polar surface area (TPSA) is 30.7 Å². The average molecular weight is 304 g/mol. The molecule has 0 aliphatic rings. The summed E-state index contributed by atoms with van der Waals surface area (Å²) in [7, 11) is 0. The van der Waals surface area contributed by atoms with E-state index >= 15 is 0 Å². The molecule has 0 amide bonds. The highest BCUT2D eigenvalue weighted by Gasteiger charge is 2.11. The second kappa shape index (κ2) is 6.22. The Morgan fingerprint density at radius 1 is 1.14 bits per heavy atom. The van der Waals surface area contributed by atoms with Gasteiger partial charge in [-0.3, -0.25) is 4.98 Å². The SMILES string of the molecule is Fc1ccccc1CCn1c(CCCl)nc2cnccc21. The van der Waals surface area contributed by atoms with Crippen molar-refractivity contribution in [3.63, 3.8) is 0 Å². The minimum absolute atomic E-state index is 0.164. The van der Waals surface area contributed by atoms with Crippen LogP contribution in [-0.2, 0) is 19.4 Å². The quantitative estimate of drug-likeness (QED) is 0.674. The van der Waals surface area contributed by atoms with E-state index in [1.807, 2.05) is 18.2 Å². The van der Waals surface area contributed by atoms with Crippen LogP contribution < -0.4 is 0 Å². The van der Waals surface area contributed by atoms with Gasteiger partial charge in [-0.2, -0.15) is 0 Å². The van der Waals surface area contributed by atoms with Gasteiger partial charge in [-0.25, -0.2) is 9.37 Å². The number of fused-ring (bicyclic) bond motifs is 1. The Morgan fingerprint density at radius 3 is 2.81 bits per heavy atom. The Bertz CT molecular complexity index is 754. The molecule has 2 heterocycles. The second-order valence-corrected chi connectivity index (χ2v) is 5.20. The fourth-order valence-corrected chi connectivity index (χ4v) is 2.66. The summed E-state index contributed by atoms with van der Waals surface area (Å²) >= 11 is 5.85. The van der Waals surface area contributed by atoms with Crippen LogP contribution in [0.4, 0.5) is 4.39 Å². The molecule has 0 spiro atoms. The highest BCUT2D eigenvalue weighted by Crippen LogP contribution is 2.17. The lowest BCUT2D eigenvalue weighted by Gasteiger charge is -2.09. The summed E-state index contributed by atoms with van der Waals surface area (Å²) < 4.78 is 15.8. The molecule has 0 fully saturated rings. The van der Waals surface area contributed by atoms with E-state index in [4.69, 9.17) is 11.6 Å². The zero-order valence-electron chi connectivity index (χ0n) is 11.5. The third-order valence-corrected chi connectivity index (χ3v) is 3.70. The van der Waals surface area contributed by atoms with E-state index in [-0.39, 0.29) is 5.82 Å². The molecule has 21 heavy (non-hydrogen) atoms. The molecule has 0 N–H and O–H groups in total. The smallest absolute Gasteiger partial charge is 0.126 e. The summed E-state index contributed by atoms with van der Waals surface area (Å²) in [5, 5.41) is 0. The predicted molar refractivity (Wildman–Crippen MR) is 82.1 cm³/mol. The first-order valence-electron chi connectivity index (χ1n) is 6.88. The van der Waals surface area contributed by atoms with Crippen molar-refractivity contribution in [1.82, 2.24) is 14.5 Å². The van der Waals surface area contributed by atoms with Crippen molar-refractivity contribution in [2.24, 2.45) is 0 Å². The van der Waals surface area contributed by atoms with Gasteiger partial charge in [0.05, 0.1) is 11.7 Å². The van der Waals surface area contributed by atoms with Crippen molar-refractivity contribution in [2.45, 2.75) is 19.4 Å². The Labute approximate surface area is 127 Å². The number of rotatable bonds is 5. The van der Waals surface area contributed by atoms with Gasteiger partial charge in [-0.05, 0) is 24.1 Å². The van der Waals surface area contributed by atoms with Crippen LogP contribution in [0.1, 0.15) is 11.4 Å². The van der Waals surface area contributed by atoms with E-state index < -0.39 is 0 Å². The zero-order valence-corrected chi connectivity index (χ0v) is 12.2. The third-order valence-electron chi connectivity index (χ3n) is 3.51. The van der Waals surface area contributed by atoms with Gasteiger partial charge in [-0.1, -0.05) is 18.2 Å². The first-order valence-corrected chi connectivity index (χ1v) is 7.41. The van der Waals surface area contributed by atoms with Gasteiger partial charge >= 0.3 is 0 Å². The molecule has 0 saturated carbocycles. The van der Waals surface area contributed by atoms with Gasteiger partial charge in [-0.15, -0.1) is 11.6 Å². The van der Waals surface area contributed by atoms with Crippen molar-refractivity contribution in [2.75, 3.05) is 5.88 Å². The minimum atomic E-state index is -0.164. The van der Waals surface area contributed by atoms with Crippen LogP contribution in [0.3, 0.4) is 0 Å². The molecule has 0 radical (unpaired) electrons. The molecule has 0 atom stereocenters. The number of halogens is 2. The number of pyridine rings is 1. The Hall–Kier alpha value is -1.94. The van der Waals surface area contributed by atoms with E-state index in [0.29, 0.717) is 30.8 Å². The van der Waals surface area contributed by atoms with E-state index in [1.165, 1.54) is 6.07 Å². The van der Waals surface area contributed by atoms with E-state index in [2.05, 4.69) is 14.5 Å². The molecule has 3 nitrogen and oxygen atoms in total. The largest absolute Gasteiger partial charge is 0.328 e. The number of benzene rings is 1. The molecule has 3 aromatic rings. The van der Waals surface area contributed by atoms with Gasteiger partial charge in [0.1, 0.15) is 17.2 Å². The first-order chi connectivity index (χ1) is 10.3. The summed E-state index contributed by atoms with van der Waals surface area (Å²) in [6.07, 6.45) is 4.80. The molecule has 0 aliphatic heterocycles. The van der Waals surface area contributed by atoms with E-state index in [0.717, 1.165) is 16.9 Å². The van der Waals surface area contributed by atoms with Crippen LogP contribution >= 0.6 is 11.6 Å². The van der Waals surface area contributed by atoms with Gasteiger partial charge in [0.2, 0.25) is 0 Å². The Kier molecular flexibility index (Phi) is 4.15. The number of aryl methyl sites for hydroxylation is 3. The van der Waals surface area contributed by atoms with Crippen molar-refractivity contribution in [3.05, 3.63) is 59.9 Å². The van der Waals surface area contributed by atoms with Crippen molar-refractivity contribution in [3.8, 4) is 0 Å². The van der Waals surface area contributed by atoms with Gasteiger partial charge in [0, 0.05) is 25.0 Å². The summed E-state index contributed by atoms with van der Waals surface area (Å²) in [6.45, 7) is 0.674. The normalized spacial score (nSPS) is 11.1. The first kappa shape index (κ1) is 14.0. The highest BCUT2D eigenvalue weighted by atomic mass is 35.5. The van der Waals surface area contributed by atoms with Gasteiger partial charge in [0.15, 0.2) is 0 Å². The van der Waals surface area contributed by atoms with Crippen LogP contribution in [-0.4, -0.2) is 20.4 Å². The fourth-order valence-electron chi connectivity index (χ4n) is 2.49. The fraction of sp³-hybridized carbons (Fsp3) is 0.250. The molecule has 5 heteroatoms. The summed E-state index contributed by atoms with van der Waals surface area (Å²) in [5.41, 5.74) is 2.58. The number of aromatic nitrogens is 3. The number of alkyl halides is 1. The van der Waals surface area contributed by atoms with Crippen molar-refractivity contribution in [1.29, 1.82) is 0 Å². The van der Waals surface area contributed by atoms with Crippen LogP contribution in [0.2, 0.25) is 0 Å². The third kappa shape index (κ3) is 2.90.